The Kier molecular flexibility index (Phi) is 5.03. The predicted molar refractivity (Wildman–Crippen MR) is 81.0 cm³/mol. The van der Waals surface area contributed by atoms with E-state index in [-0.39, 0.29) is 23.3 Å². The third-order valence-electron chi connectivity index (χ3n) is 4.01. The topological polar surface area (TPSA) is 81.1 Å². The molecule has 1 fully saturated rings. The van der Waals surface area contributed by atoms with Crippen LogP contribution < -0.4 is 5.32 Å². The van der Waals surface area contributed by atoms with Crippen LogP contribution in [-0.2, 0) is 16.4 Å². The van der Waals surface area contributed by atoms with Crippen molar-refractivity contribution >= 4 is 15.7 Å². The van der Waals surface area contributed by atoms with E-state index in [1.165, 1.54) is 0 Å². The molecule has 118 valence electrons. The van der Waals surface area contributed by atoms with Gasteiger partial charge in [-0.1, -0.05) is 6.92 Å². The molecule has 0 aromatic carbocycles. The zero-order chi connectivity index (χ0) is 15.5. The number of amides is 1. The number of aromatic nitrogens is 2. The number of nitrogens with zero attached hydrogens (tertiary/aromatic N) is 2. The highest BCUT2D eigenvalue weighted by atomic mass is 32.2. The van der Waals surface area contributed by atoms with E-state index in [1.54, 1.807) is 6.20 Å². The predicted octanol–water partition coefficient (Wildman–Crippen LogP) is 1.16. The molecule has 6 nitrogen and oxygen atoms in total. The number of hydrogen-bond donors (Lipinski definition) is 1. The summed E-state index contributed by atoms with van der Waals surface area (Å²) in [6.07, 6.45) is 3.85. The van der Waals surface area contributed by atoms with Crippen LogP contribution in [0.3, 0.4) is 0 Å². The van der Waals surface area contributed by atoms with E-state index < -0.39 is 9.84 Å². The van der Waals surface area contributed by atoms with Crippen LogP contribution in [0.1, 0.15) is 42.2 Å². The Morgan fingerprint density at radius 2 is 2.10 bits per heavy atom. The van der Waals surface area contributed by atoms with Crippen LogP contribution in [-0.4, -0.2) is 42.2 Å². The maximum Gasteiger partial charge on any atom is 0.254 e. The van der Waals surface area contributed by atoms with E-state index in [9.17, 15) is 13.2 Å². The van der Waals surface area contributed by atoms with Crippen LogP contribution in [0.5, 0.6) is 0 Å². The van der Waals surface area contributed by atoms with Crippen LogP contribution >= 0.6 is 0 Å². The van der Waals surface area contributed by atoms with E-state index in [0.29, 0.717) is 24.9 Å². The third kappa shape index (κ3) is 4.06. The lowest BCUT2D eigenvalue weighted by Gasteiger charge is -2.22. The first-order chi connectivity index (χ1) is 9.93. The Morgan fingerprint density at radius 3 is 2.71 bits per heavy atom. The summed E-state index contributed by atoms with van der Waals surface area (Å²) in [6.45, 7) is 5.30. The summed E-state index contributed by atoms with van der Waals surface area (Å²) < 4.78 is 24.6. The summed E-state index contributed by atoms with van der Waals surface area (Å²) in [6, 6.07) is 0. The Labute approximate surface area is 125 Å². The molecule has 1 aromatic rings. The van der Waals surface area contributed by atoms with Crippen molar-refractivity contribution < 1.29 is 13.2 Å². The molecule has 1 saturated heterocycles. The Hall–Kier alpha value is -1.37. The maximum absolute atomic E-state index is 12.2. The van der Waals surface area contributed by atoms with Crippen LogP contribution in [0.4, 0.5) is 0 Å². The minimum Gasteiger partial charge on any atom is -0.352 e. The van der Waals surface area contributed by atoms with Crippen molar-refractivity contribution in [1.82, 2.24) is 15.1 Å². The SMILES string of the molecule is CCCn1ncc(C(=O)NCC2CCS(=O)(=O)CC2)c1C. The van der Waals surface area contributed by atoms with E-state index in [4.69, 9.17) is 0 Å². The fourth-order valence-corrected chi connectivity index (χ4v) is 4.17. The van der Waals surface area contributed by atoms with Crippen molar-refractivity contribution in [2.75, 3.05) is 18.1 Å². The number of sulfone groups is 1. The van der Waals surface area contributed by atoms with Gasteiger partial charge >= 0.3 is 0 Å². The molecule has 2 heterocycles. The van der Waals surface area contributed by atoms with E-state index in [2.05, 4.69) is 17.3 Å². The second-order valence-electron chi connectivity index (χ2n) is 5.67. The van der Waals surface area contributed by atoms with Gasteiger partial charge in [-0.25, -0.2) is 8.42 Å². The number of carbonyl (C=O) groups is 1. The van der Waals surface area contributed by atoms with Crippen molar-refractivity contribution in [2.45, 2.75) is 39.7 Å². The molecular formula is C14H23N3O3S. The van der Waals surface area contributed by atoms with Crippen molar-refractivity contribution in [2.24, 2.45) is 5.92 Å². The minimum absolute atomic E-state index is 0.122. The largest absolute Gasteiger partial charge is 0.352 e. The average molecular weight is 313 g/mol. The molecule has 0 atom stereocenters. The summed E-state index contributed by atoms with van der Waals surface area (Å²) in [5.41, 5.74) is 1.48. The van der Waals surface area contributed by atoms with E-state index in [1.807, 2.05) is 11.6 Å². The lowest BCUT2D eigenvalue weighted by molar-refractivity contribution is 0.0945. The Bertz CT molecular complexity index is 593. The molecule has 0 radical (unpaired) electrons. The summed E-state index contributed by atoms with van der Waals surface area (Å²) in [7, 11) is -2.84. The Morgan fingerprint density at radius 1 is 1.43 bits per heavy atom. The van der Waals surface area contributed by atoms with Crippen molar-refractivity contribution in [3.63, 3.8) is 0 Å². The first-order valence-electron chi connectivity index (χ1n) is 7.44. The van der Waals surface area contributed by atoms with Crippen LogP contribution in [0.25, 0.3) is 0 Å². The van der Waals surface area contributed by atoms with Crippen LogP contribution in [0.15, 0.2) is 6.20 Å². The van der Waals surface area contributed by atoms with Gasteiger partial charge in [0.25, 0.3) is 5.91 Å². The highest BCUT2D eigenvalue weighted by molar-refractivity contribution is 7.91. The lowest BCUT2D eigenvalue weighted by Crippen LogP contribution is -2.34. The van der Waals surface area contributed by atoms with Gasteiger partial charge in [-0.05, 0) is 32.1 Å². The molecule has 1 amide bonds. The molecule has 2 rings (SSSR count). The van der Waals surface area contributed by atoms with Gasteiger partial charge in [-0.15, -0.1) is 0 Å². The number of carbonyl (C=O) groups excluding carboxylic acids is 1. The molecule has 0 saturated carbocycles. The van der Waals surface area contributed by atoms with Gasteiger partial charge < -0.3 is 5.32 Å². The number of aryl methyl sites for hydroxylation is 1. The second kappa shape index (κ2) is 6.60. The fraction of sp³-hybridized carbons (Fsp3) is 0.714. The zero-order valence-electron chi connectivity index (χ0n) is 12.6. The van der Waals surface area contributed by atoms with Gasteiger partial charge in [0, 0.05) is 18.8 Å². The van der Waals surface area contributed by atoms with Gasteiger partial charge in [-0.2, -0.15) is 5.10 Å². The van der Waals surface area contributed by atoms with Gasteiger partial charge in [-0.3, -0.25) is 9.48 Å². The highest BCUT2D eigenvalue weighted by Crippen LogP contribution is 2.18. The lowest BCUT2D eigenvalue weighted by atomic mass is 10.0. The molecule has 1 aromatic heterocycles. The van der Waals surface area contributed by atoms with Crippen molar-refractivity contribution in [3.05, 3.63) is 17.5 Å². The summed E-state index contributed by atoms with van der Waals surface area (Å²) in [4.78, 5) is 12.2. The number of hydrogen-bond acceptors (Lipinski definition) is 4. The summed E-state index contributed by atoms with van der Waals surface area (Å²) in [5, 5.41) is 7.12. The van der Waals surface area contributed by atoms with Crippen LogP contribution in [0.2, 0.25) is 0 Å². The molecule has 1 aliphatic heterocycles. The van der Waals surface area contributed by atoms with Gasteiger partial charge in [0.05, 0.1) is 23.3 Å². The molecule has 1 aliphatic rings. The van der Waals surface area contributed by atoms with E-state index in [0.717, 1.165) is 18.7 Å². The second-order valence-corrected chi connectivity index (χ2v) is 7.98. The third-order valence-corrected chi connectivity index (χ3v) is 5.72. The molecule has 0 spiro atoms. The number of rotatable bonds is 5. The molecule has 1 N–H and O–H groups in total. The molecule has 0 unspecified atom stereocenters. The van der Waals surface area contributed by atoms with Crippen LogP contribution in [0, 0.1) is 12.8 Å². The molecule has 0 bridgehead atoms. The molecule has 0 aliphatic carbocycles. The molecule has 21 heavy (non-hydrogen) atoms. The summed E-state index contributed by atoms with van der Waals surface area (Å²) >= 11 is 0. The van der Waals surface area contributed by atoms with Crippen molar-refractivity contribution in [1.29, 1.82) is 0 Å². The fourth-order valence-electron chi connectivity index (χ4n) is 2.58. The Balaban J connectivity index is 1.88. The van der Waals surface area contributed by atoms with Gasteiger partial charge in [0.15, 0.2) is 0 Å². The minimum atomic E-state index is -2.84. The first-order valence-corrected chi connectivity index (χ1v) is 9.26. The molecular weight excluding hydrogens is 290 g/mol. The van der Waals surface area contributed by atoms with Gasteiger partial charge in [0.1, 0.15) is 9.84 Å². The van der Waals surface area contributed by atoms with Gasteiger partial charge in [0.2, 0.25) is 0 Å². The standard InChI is InChI=1S/C14H23N3O3S/c1-3-6-17-11(2)13(10-16-17)14(18)15-9-12-4-7-21(19,20)8-5-12/h10,12H,3-9H2,1-2H3,(H,15,18). The monoisotopic (exact) mass is 313 g/mol. The first kappa shape index (κ1) is 16.0. The highest BCUT2D eigenvalue weighted by Gasteiger charge is 2.24. The molecule has 7 heteroatoms. The van der Waals surface area contributed by atoms with E-state index >= 15 is 0 Å². The quantitative estimate of drug-likeness (QED) is 0.884. The normalized spacial score (nSPS) is 18.6. The van der Waals surface area contributed by atoms with Crippen molar-refractivity contribution in [3.8, 4) is 0 Å². The smallest absolute Gasteiger partial charge is 0.254 e. The summed E-state index contributed by atoms with van der Waals surface area (Å²) in [5.74, 6) is 0.605. The maximum atomic E-state index is 12.2. The average Bonchev–Trinajstić information content (AvgIpc) is 2.79. The number of nitrogens with one attached hydrogen (secondary N) is 1. The zero-order valence-corrected chi connectivity index (χ0v) is 13.4.